The number of carbonyl (C=O) groups excluding carboxylic acids is 1. The third-order valence-electron chi connectivity index (χ3n) is 2.47. The van der Waals surface area contributed by atoms with Crippen molar-refractivity contribution in [3.8, 4) is 0 Å². The average molecular weight is 267 g/mol. The molecule has 3 nitrogen and oxygen atoms in total. The van der Waals surface area contributed by atoms with Crippen LogP contribution < -0.4 is 0 Å². The maximum absolute atomic E-state index is 11.1. The SMILES string of the molecule is CCOC(=O)CCCCCCSc1ccccn1. The monoisotopic (exact) mass is 267 g/mol. The van der Waals surface area contributed by atoms with Crippen LogP contribution in [0.3, 0.4) is 0 Å². The molecule has 0 saturated carbocycles. The summed E-state index contributed by atoms with van der Waals surface area (Å²) in [7, 11) is 0. The van der Waals surface area contributed by atoms with E-state index in [1.807, 2.05) is 31.3 Å². The molecular weight excluding hydrogens is 246 g/mol. The van der Waals surface area contributed by atoms with Gasteiger partial charge in [0, 0.05) is 12.6 Å². The minimum atomic E-state index is -0.0691. The van der Waals surface area contributed by atoms with E-state index in [0.717, 1.165) is 23.6 Å². The van der Waals surface area contributed by atoms with Gasteiger partial charge in [0.2, 0.25) is 0 Å². The van der Waals surface area contributed by atoms with Crippen LogP contribution in [0.15, 0.2) is 29.4 Å². The molecule has 0 spiro atoms. The number of ether oxygens (including phenoxy) is 1. The highest BCUT2D eigenvalue weighted by atomic mass is 32.2. The summed E-state index contributed by atoms with van der Waals surface area (Å²) in [6.07, 6.45) is 6.75. The Kier molecular flexibility index (Phi) is 8.30. The largest absolute Gasteiger partial charge is 0.466 e. The number of hydrogen-bond acceptors (Lipinski definition) is 4. The summed E-state index contributed by atoms with van der Waals surface area (Å²) < 4.78 is 4.88. The minimum absolute atomic E-state index is 0.0691. The zero-order chi connectivity index (χ0) is 13.1. The lowest BCUT2D eigenvalue weighted by molar-refractivity contribution is -0.143. The van der Waals surface area contributed by atoms with Crippen molar-refractivity contribution in [1.82, 2.24) is 4.98 Å². The molecule has 0 atom stereocenters. The molecule has 1 rings (SSSR count). The second-order valence-corrected chi connectivity index (χ2v) is 5.10. The first-order valence-corrected chi connectivity index (χ1v) is 7.51. The highest BCUT2D eigenvalue weighted by Gasteiger charge is 2.00. The molecule has 0 saturated heterocycles. The molecule has 0 amide bonds. The molecule has 0 aliphatic heterocycles. The van der Waals surface area contributed by atoms with E-state index in [9.17, 15) is 4.79 Å². The van der Waals surface area contributed by atoms with Crippen molar-refractivity contribution < 1.29 is 9.53 Å². The normalized spacial score (nSPS) is 10.3. The lowest BCUT2D eigenvalue weighted by Gasteiger charge is -2.02. The molecule has 0 fully saturated rings. The van der Waals surface area contributed by atoms with Gasteiger partial charge in [-0.15, -0.1) is 11.8 Å². The number of carbonyl (C=O) groups is 1. The van der Waals surface area contributed by atoms with E-state index in [1.54, 1.807) is 11.8 Å². The van der Waals surface area contributed by atoms with Crippen molar-refractivity contribution in [2.45, 2.75) is 44.1 Å². The van der Waals surface area contributed by atoms with E-state index >= 15 is 0 Å². The van der Waals surface area contributed by atoms with Crippen LogP contribution in [0.25, 0.3) is 0 Å². The van der Waals surface area contributed by atoms with E-state index in [2.05, 4.69) is 4.98 Å². The summed E-state index contributed by atoms with van der Waals surface area (Å²) in [5, 5.41) is 1.09. The summed E-state index contributed by atoms with van der Waals surface area (Å²) in [6, 6.07) is 5.97. The Morgan fingerprint density at radius 2 is 2.11 bits per heavy atom. The van der Waals surface area contributed by atoms with Crippen LogP contribution in [0.1, 0.15) is 39.0 Å². The molecule has 18 heavy (non-hydrogen) atoms. The van der Waals surface area contributed by atoms with Crippen LogP contribution in [0, 0.1) is 0 Å². The number of rotatable bonds is 9. The van der Waals surface area contributed by atoms with E-state index in [0.29, 0.717) is 13.0 Å². The minimum Gasteiger partial charge on any atom is -0.466 e. The van der Waals surface area contributed by atoms with Gasteiger partial charge in [-0.25, -0.2) is 4.98 Å². The number of aromatic nitrogens is 1. The first kappa shape index (κ1) is 15.0. The standard InChI is InChI=1S/C14H21NO2S/c1-2-17-14(16)10-5-3-4-8-12-18-13-9-6-7-11-15-13/h6-7,9,11H,2-5,8,10,12H2,1H3. The number of nitrogens with zero attached hydrogens (tertiary/aromatic N) is 1. The fourth-order valence-corrected chi connectivity index (χ4v) is 2.44. The predicted octanol–water partition coefficient (Wildman–Crippen LogP) is 3.69. The van der Waals surface area contributed by atoms with Crippen LogP contribution in [0.2, 0.25) is 0 Å². The molecule has 0 aliphatic carbocycles. The van der Waals surface area contributed by atoms with E-state index in [-0.39, 0.29) is 5.97 Å². The zero-order valence-corrected chi connectivity index (χ0v) is 11.7. The second-order valence-electron chi connectivity index (χ2n) is 3.99. The molecule has 0 radical (unpaired) electrons. The lowest BCUT2D eigenvalue weighted by Crippen LogP contribution is -2.03. The summed E-state index contributed by atoms with van der Waals surface area (Å²) in [5.41, 5.74) is 0. The number of esters is 1. The van der Waals surface area contributed by atoms with Gasteiger partial charge < -0.3 is 4.74 Å². The molecule has 100 valence electrons. The Morgan fingerprint density at radius 3 is 2.83 bits per heavy atom. The topological polar surface area (TPSA) is 39.2 Å². The smallest absolute Gasteiger partial charge is 0.305 e. The summed E-state index contributed by atoms with van der Waals surface area (Å²) in [6.45, 7) is 2.33. The molecule has 0 unspecified atom stereocenters. The van der Waals surface area contributed by atoms with Crippen molar-refractivity contribution in [3.05, 3.63) is 24.4 Å². The van der Waals surface area contributed by atoms with Gasteiger partial charge in [-0.1, -0.05) is 18.9 Å². The molecule has 1 aromatic heterocycles. The van der Waals surface area contributed by atoms with Crippen molar-refractivity contribution >= 4 is 17.7 Å². The number of unbranched alkanes of at least 4 members (excludes halogenated alkanes) is 3. The third-order valence-corrected chi connectivity index (χ3v) is 3.50. The number of thioether (sulfide) groups is 1. The quantitative estimate of drug-likeness (QED) is 0.388. The van der Waals surface area contributed by atoms with Crippen LogP contribution in [-0.4, -0.2) is 23.3 Å². The van der Waals surface area contributed by atoms with Gasteiger partial charge in [-0.2, -0.15) is 0 Å². The zero-order valence-electron chi connectivity index (χ0n) is 10.9. The van der Waals surface area contributed by atoms with E-state index in [1.165, 1.54) is 12.8 Å². The molecule has 1 heterocycles. The third kappa shape index (κ3) is 7.33. The van der Waals surface area contributed by atoms with Crippen molar-refractivity contribution in [2.24, 2.45) is 0 Å². The summed E-state index contributed by atoms with van der Waals surface area (Å²) in [4.78, 5) is 15.3. The van der Waals surface area contributed by atoms with Crippen molar-refractivity contribution in [1.29, 1.82) is 0 Å². The second kappa shape index (κ2) is 9.95. The fourth-order valence-electron chi connectivity index (χ4n) is 1.57. The molecule has 0 aromatic carbocycles. The predicted molar refractivity (Wildman–Crippen MR) is 74.7 cm³/mol. The Bertz CT molecular complexity index is 330. The van der Waals surface area contributed by atoms with E-state index < -0.39 is 0 Å². The number of hydrogen-bond donors (Lipinski definition) is 0. The number of pyridine rings is 1. The Morgan fingerprint density at radius 1 is 1.28 bits per heavy atom. The Labute approximate surface area is 113 Å². The van der Waals surface area contributed by atoms with Gasteiger partial charge >= 0.3 is 5.97 Å². The van der Waals surface area contributed by atoms with Gasteiger partial charge in [0.05, 0.1) is 11.6 Å². The average Bonchev–Trinajstić information content (AvgIpc) is 2.39. The first-order chi connectivity index (χ1) is 8.83. The molecule has 4 heteroatoms. The highest BCUT2D eigenvalue weighted by Crippen LogP contribution is 2.16. The molecular formula is C14H21NO2S. The summed E-state index contributed by atoms with van der Waals surface area (Å²) >= 11 is 1.79. The van der Waals surface area contributed by atoms with Crippen LogP contribution >= 0.6 is 11.8 Å². The maximum atomic E-state index is 11.1. The maximum Gasteiger partial charge on any atom is 0.305 e. The van der Waals surface area contributed by atoms with E-state index in [4.69, 9.17) is 4.74 Å². The fraction of sp³-hybridized carbons (Fsp3) is 0.571. The molecule has 0 N–H and O–H groups in total. The summed E-state index contributed by atoms with van der Waals surface area (Å²) in [5.74, 6) is 1.02. The van der Waals surface area contributed by atoms with Gasteiger partial charge in [-0.05, 0) is 37.7 Å². The van der Waals surface area contributed by atoms with Crippen molar-refractivity contribution in [3.63, 3.8) is 0 Å². The Hall–Kier alpha value is -1.03. The molecule has 0 aliphatic rings. The first-order valence-electron chi connectivity index (χ1n) is 6.52. The van der Waals surface area contributed by atoms with Gasteiger partial charge in [0.1, 0.15) is 0 Å². The van der Waals surface area contributed by atoms with Crippen LogP contribution in [-0.2, 0) is 9.53 Å². The molecule has 0 bridgehead atoms. The van der Waals surface area contributed by atoms with Gasteiger partial charge in [0.25, 0.3) is 0 Å². The highest BCUT2D eigenvalue weighted by molar-refractivity contribution is 7.99. The van der Waals surface area contributed by atoms with Gasteiger partial charge in [-0.3, -0.25) is 4.79 Å². The van der Waals surface area contributed by atoms with Crippen LogP contribution in [0.4, 0.5) is 0 Å². The van der Waals surface area contributed by atoms with Gasteiger partial charge in [0.15, 0.2) is 0 Å². The van der Waals surface area contributed by atoms with Crippen molar-refractivity contribution in [2.75, 3.05) is 12.4 Å². The lowest BCUT2D eigenvalue weighted by atomic mass is 10.1. The Balaban J connectivity index is 1.92. The van der Waals surface area contributed by atoms with Crippen LogP contribution in [0.5, 0.6) is 0 Å². The molecule has 1 aromatic rings.